The smallest absolute Gasteiger partial charge is 0.159 e. The van der Waals surface area contributed by atoms with E-state index < -0.39 is 0 Å². The van der Waals surface area contributed by atoms with Gasteiger partial charge in [-0.05, 0) is 30.2 Å². The molecule has 60 valence electrons. The van der Waals surface area contributed by atoms with Gasteiger partial charge in [0.2, 0.25) is 0 Å². The molecular weight excluding hydrogens is 148 g/mol. The molecule has 0 saturated carbocycles. The largest absolute Gasteiger partial charge is 0.237 e. The Hall–Kier alpha value is -1.44. The molecule has 0 aliphatic carbocycles. The van der Waals surface area contributed by atoms with Gasteiger partial charge in [0.25, 0.3) is 0 Å². The molecule has 0 aliphatic heterocycles. The van der Waals surface area contributed by atoms with Crippen molar-refractivity contribution in [3.63, 3.8) is 0 Å². The Bertz CT molecular complexity index is 390. The monoisotopic (exact) mass is 158 g/mol. The quantitative estimate of drug-likeness (QED) is 0.635. The van der Waals surface area contributed by atoms with E-state index in [9.17, 15) is 0 Å². The lowest BCUT2D eigenvalue weighted by molar-refractivity contribution is 1.14. The standard InChI is InChI=1S/C10H10N2/c1-2-8-5-7-12-10-9(8)4-3-6-11-10/h3-7H,2H2,1H3. The van der Waals surface area contributed by atoms with E-state index in [0.29, 0.717) is 0 Å². The predicted molar refractivity (Wildman–Crippen MR) is 48.9 cm³/mol. The first-order chi connectivity index (χ1) is 5.92. The molecule has 2 heterocycles. The van der Waals surface area contributed by atoms with Crippen LogP contribution < -0.4 is 0 Å². The average Bonchev–Trinajstić information content (AvgIpc) is 2.17. The van der Waals surface area contributed by atoms with Crippen LogP contribution in [0.4, 0.5) is 0 Å². The number of fused-ring (bicyclic) bond motifs is 1. The molecule has 0 N–H and O–H groups in total. The number of hydrogen-bond donors (Lipinski definition) is 0. The maximum atomic E-state index is 4.18. The number of pyridine rings is 2. The van der Waals surface area contributed by atoms with Crippen LogP contribution in [0, 0.1) is 0 Å². The van der Waals surface area contributed by atoms with Crippen LogP contribution in [0.3, 0.4) is 0 Å². The molecular formula is C10H10N2. The summed E-state index contributed by atoms with van der Waals surface area (Å²) in [5.41, 5.74) is 2.16. The van der Waals surface area contributed by atoms with E-state index in [-0.39, 0.29) is 0 Å². The number of nitrogens with zero attached hydrogens (tertiary/aromatic N) is 2. The van der Waals surface area contributed by atoms with E-state index in [1.54, 1.807) is 6.20 Å². The van der Waals surface area contributed by atoms with Crippen LogP contribution in [0.5, 0.6) is 0 Å². The van der Waals surface area contributed by atoms with Crippen LogP contribution in [0.25, 0.3) is 11.0 Å². The molecule has 2 aromatic heterocycles. The normalized spacial score (nSPS) is 10.4. The first-order valence-electron chi connectivity index (χ1n) is 4.10. The van der Waals surface area contributed by atoms with Crippen LogP contribution >= 0.6 is 0 Å². The van der Waals surface area contributed by atoms with Crippen molar-refractivity contribution < 1.29 is 0 Å². The topological polar surface area (TPSA) is 25.8 Å². The number of aryl methyl sites for hydroxylation is 1. The van der Waals surface area contributed by atoms with Gasteiger partial charge in [0.05, 0.1) is 0 Å². The number of hydrogen-bond acceptors (Lipinski definition) is 2. The maximum Gasteiger partial charge on any atom is 0.159 e. The van der Waals surface area contributed by atoms with Gasteiger partial charge in [-0.3, -0.25) is 0 Å². The summed E-state index contributed by atoms with van der Waals surface area (Å²) in [6.07, 6.45) is 4.62. The SMILES string of the molecule is CCc1ccnc2ncccc12. The van der Waals surface area contributed by atoms with Crippen LogP contribution in [0.15, 0.2) is 30.6 Å². The van der Waals surface area contributed by atoms with Crippen molar-refractivity contribution in [1.29, 1.82) is 0 Å². The Labute approximate surface area is 71.3 Å². The highest BCUT2D eigenvalue weighted by molar-refractivity contribution is 5.78. The summed E-state index contributed by atoms with van der Waals surface area (Å²) in [4.78, 5) is 8.36. The molecule has 0 spiro atoms. The van der Waals surface area contributed by atoms with Crippen molar-refractivity contribution in [2.24, 2.45) is 0 Å². The van der Waals surface area contributed by atoms with Crippen molar-refractivity contribution in [1.82, 2.24) is 9.97 Å². The van der Waals surface area contributed by atoms with Crippen LogP contribution in [0.2, 0.25) is 0 Å². The minimum atomic E-state index is 0.844. The first kappa shape index (κ1) is 7.22. The van der Waals surface area contributed by atoms with Gasteiger partial charge < -0.3 is 0 Å². The molecule has 0 fully saturated rings. The molecule has 0 radical (unpaired) electrons. The lowest BCUT2D eigenvalue weighted by atomic mass is 10.1. The van der Waals surface area contributed by atoms with Gasteiger partial charge in [-0.15, -0.1) is 0 Å². The molecule has 0 aromatic carbocycles. The lowest BCUT2D eigenvalue weighted by Gasteiger charge is -2.00. The summed E-state index contributed by atoms with van der Waals surface area (Å²) in [6.45, 7) is 2.14. The summed E-state index contributed by atoms with van der Waals surface area (Å²) in [5.74, 6) is 0. The molecule has 2 heteroatoms. The van der Waals surface area contributed by atoms with Crippen LogP contribution in [0.1, 0.15) is 12.5 Å². The third-order valence-electron chi connectivity index (χ3n) is 1.99. The van der Waals surface area contributed by atoms with Gasteiger partial charge in [-0.2, -0.15) is 0 Å². The van der Waals surface area contributed by atoms with E-state index in [2.05, 4.69) is 23.0 Å². The molecule has 2 nitrogen and oxygen atoms in total. The molecule has 0 unspecified atom stereocenters. The van der Waals surface area contributed by atoms with Gasteiger partial charge >= 0.3 is 0 Å². The highest BCUT2D eigenvalue weighted by Gasteiger charge is 1.98. The summed E-state index contributed by atoms with van der Waals surface area (Å²) in [6, 6.07) is 6.06. The maximum absolute atomic E-state index is 4.18. The summed E-state index contributed by atoms with van der Waals surface area (Å²) >= 11 is 0. The van der Waals surface area contributed by atoms with Crippen molar-refractivity contribution in [3.05, 3.63) is 36.2 Å². The summed E-state index contributed by atoms with van der Waals surface area (Å²) in [5, 5.41) is 1.17. The number of rotatable bonds is 1. The van der Waals surface area contributed by atoms with Crippen LogP contribution in [-0.2, 0) is 6.42 Å². The van der Waals surface area contributed by atoms with Gasteiger partial charge in [-0.1, -0.05) is 6.92 Å². The van der Waals surface area contributed by atoms with Gasteiger partial charge in [0.1, 0.15) is 0 Å². The summed E-state index contributed by atoms with van der Waals surface area (Å²) in [7, 11) is 0. The van der Waals surface area contributed by atoms with Crippen LogP contribution in [-0.4, -0.2) is 9.97 Å². The van der Waals surface area contributed by atoms with Crippen molar-refractivity contribution >= 4 is 11.0 Å². The molecule has 0 bridgehead atoms. The molecule has 0 amide bonds. The molecule has 0 atom stereocenters. The van der Waals surface area contributed by atoms with Crippen molar-refractivity contribution in [2.45, 2.75) is 13.3 Å². The Kier molecular flexibility index (Phi) is 1.74. The zero-order valence-corrected chi connectivity index (χ0v) is 6.99. The Balaban J connectivity index is 2.79. The van der Waals surface area contributed by atoms with Crippen molar-refractivity contribution in [3.8, 4) is 0 Å². The van der Waals surface area contributed by atoms with Gasteiger partial charge in [0.15, 0.2) is 5.65 Å². The average molecular weight is 158 g/mol. The highest BCUT2D eigenvalue weighted by atomic mass is 14.8. The van der Waals surface area contributed by atoms with Gasteiger partial charge in [0, 0.05) is 17.8 Å². The van der Waals surface area contributed by atoms with E-state index >= 15 is 0 Å². The highest BCUT2D eigenvalue weighted by Crippen LogP contribution is 2.13. The van der Waals surface area contributed by atoms with E-state index in [1.807, 2.05) is 18.3 Å². The minimum absolute atomic E-state index is 0.844. The Morgan fingerprint density at radius 3 is 2.83 bits per heavy atom. The molecule has 2 rings (SSSR count). The molecule has 12 heavy (non-hydrogen) atoms. The molecule has 0 aliphatic rings. The van der Waals surface area contributed by atoms with Crippen molar-refractivity contribution in [2.75, 3.05) is 0 Å². The second-order valence-corrected chi connectivity index (χ2v) is 2.70. The Morgan fingerprint density at radius 2 is 2.00 bits per heavy atom. The molecule has 2 aromatic rings. The fourth-order valence-electron chi connectivity index (χ4n) is 1.35. The third-order valence-corrected chi connectivity index (χ3v) is 1.99. The lowest BCUT2D eigenvalue weighted by Crippen LogP contribution is -1.87. The zero-order valence-electron chi connectivity index (χ0n) is 6.99. The number of aromatic nitrogens is 2. The zero-order chi connectivity index (χ0) is 8.39. The predicted octanol–water partition coefficient (Wildman–Crippen LogP) is 2.19. The van der Waals surface area contributed by atoms with E-state index in [4.69, 9.17) is 0 Å². The second kappa shape index (κ2) is 2.89. The third kappa shape index (κ3) is 1.05. The minimum Gasteiger partial charge on any atom is -0.237 e. The molecule has 0 saturated heterocycles. The fraction of sp³-hybridized carbons (Fsp3) is 0.200. The first-order valence-corrected chi connectivity index (χ1v) is 4.10. The Morgan fingerprint density at radius 1 is 1.17 bits per heavy atom. The fourth-order valence-corrected chi connectivity index (χ4v) is 1.35. The second-order valence-electron chi connectivity index (χ2n) is 2.70. The van der Waals surface area contributed by atoms with Gasteiger partial charge in [-0.25, -0.2) is 9.97 Å². The van der Waals surface area contributed by atoms with E-state index in [1.165, 1.54) is 10.9 Å². The summed E-state index contributed by atoms with van der Waals surface area (Å²) < 4.78 is 0. The van der Waals surface area contributed by atoms with E-state index in [0.717, 1.165) is 12.1 Å².